The molecule has 9 rings (SSSR count). The van der Waals surface area contributed by atoms with Crippen molar-refractivity contribution in [3.05, 3.63) is 86.5 Å². The summed E-state index contributed by atoms with van der Waals surface area (Å²) in [4.78, 5) is 8.80. The van der Waals surface area contributed by atoms with Gasteiger partial charge in [0.15, 0.2) is 13.3 Å². The smallest absolute Gasteiger partial charge is 0.157 e. The first-order valence-electron chi connectivity index (χ1n) is 18.8. The van der Waals surface area contributed by atoms with Gasteiger partial charge in [0.1, 0.15) is 12.2 Å². The Bertz CT molecular complexity index is 1500. The third kappa shape index (κ3) is 7.41. The van der Waals surface area contributed by atoms with Gasteiger partial charge in [0.25, 0.3) is 0 Å². The van der Waals surface area contributed by atoms with Crippen LogP contribution in [0, 0.1) is 80.1 Å². The van der Waals surface area contributed by atoms with Crippen molar-refractivity contribution in [1.82, 2.24) is 0 Å². The van der Waals surface area contributed by atoms with E-state index in [1.807, 2.05) is 4.90 Å². The minimum Gasteiger partial charge on any atom is -1.00 e. The van der Waals surface area contributed by atoms with Crippen LogP contribution in [0.1, 0.15) is 88.6 Å². The maximum absolute atomic E-state index is 2.71. The molecule has 0 aromatic heterocycles. The summed E-state index contributed by atoms with van der Waals surface area (Å²) in [7, 11) is 0. The van der Waals surface area contributed by atoms with Crippen LogP contribution in [0.15, 0.2) is 36.4 Å². The first kappa shape index (κ1) is 38.0. The van der Waals surface area contributed by atoms with Gasteiger partial charge in [-0.2, -0.15) is 0 Å². The molecular formula is C43H62Cl2N4. The van der Waals surface area contributed by atoms with Crippen molar-refractivity contribution in [2.45, 2.75) is 106 Å². The molecule has 6 heteroatoms. The fraction of sp³-hybridized carbons (Fsp3) is 0.581. The fourth-order valence-corrected chi connectivity index (χ4v) is 12.0. The number of quaternary nitrogens is 2. The zero-order chi connectivity index (χ0) is 33.2. The molecule has 2 unspecified atom stereocenters. The Hall–Kier alpha value is -2.24. The molecule has 2 saturated heterocycles. The zero-order valence-corrected chi connectivity index (χ0v) is 33.3. The Balaban J connectivity index is 0.000000184. The van der Waals surface area contributed by atoms with E-state index < -0.39 is 0 Å². The molecule has 0 spiro atoms. The van der Waals surface area contributed by atoms with E-state index in [1.54, 1.807) is 24.2 Å². The lowest BCUT2D eigenvalue weighted by atomic mass is 9.52. The Kier molecular flexibility index (Phi) is 11.5. The average Bonchev–Trinajstić information content (AvgIpc) is 3.62. The molecule has 6 aliphatic rings. The lowest BCUT2D eigenvalue weighted by molar-refractivity contribution is -0.947. The first-order chi connectivity index (χ1) is 22.4. The van der Waals surface area contributed by atoms with Gasteiger partial charge < -0.3 is 39.5 Å². The molecule has 3 aromatic rings. The largest absolute Gasteiger partial charge is 1.00 e. The molecule has 3 aromatic carbocycles. The lowest BCUT2D eigenvalue weighted by Crippen LogP contribution is -3.20. The van der Waals surface area contributed by atoms with Crippen molar-refractivity contribution in [3.63, 3.8) is 0 Å². The summed E-state index contributed by atoms with van der Waals surface area (Å²) in [6, 6.07) is 14.0. The second kappa shape index (κ2) is 14.8. The van der Waals surface area contributed by atoms with Gasteiger partial charge in [-0.1, -0.05) is 53.1 Å². The molecule has 2 aliphatic heterocycles. The Morgan fingerprint density at radius 1 is 0.510 bits per heavy atom. The second-order valence-electron chi connectivity index (χ2n) is 17.0. The van der Waals surface area contributed by atoms with E-state index in [0.717, 1.165) is 31.0 Å². The molecule has 0 radical (unpaired) electrons. The van der Waals surface area contributed by atoms with E-state index in [4.69, 9.17) is 0 Å². The van der Waals surface area contributed by atoms with E-state index in [0.29, 0.717) is 5.54 Å². The highest BCUT2D eigenvalue weighted by Crippen LogP contribution is 2.54. The standard InChI is InChI=1S/C22H32N2.C21H28N2.2ClH/c1-15-6-16(2)21(17(3)7-15)23-4-5-24(14-23)22-11-18-8-19(12-22)10-20(9-18)13-22;1-14-9-16(3)20(17(4)10-14)22-7-8-23(13-22)21-18(5)11-15(2)12-19(21)6;;/h6-7,18-20H,4-5,8-14H2,1-3H3;9-12H,7-8,13H2,1-6H3;2*1H. The van der Waals surface area contributed by atoms with E-state index in [-0.39, 0.29) is 24.8 Å². The molecule has 2 atom stereocenters. The van der Waals surface area contributed by atoms with Gasteiger partial charge in [0, 0.05) is 41.8 Å². The highest BCUT2D eigenvalue weighted by atomic mass is 35.5. The Morgan fingerprint density at radius 3 is 1.31 bits per heavy atom. The molecule has 6 fully saturated rings. The molecule has 4 bridgehead atoms. The predicted octanol–water partition coefficient (Wildman–Crippen LogP) is 0.782. The predicted molar refractivity (Wildman–Crippen MR) is 199 cm³/mol. The van der Waals surface area contributed by atoms with Gasteiger partial charge >= 0.3 is 0 Å². The first-order valence-corrected chi connectivity index (χ1v) is 18.8. The van der Waals surface area contributed by atoms with Crippen molar-refractivity contribution in [1.29, 1.82) is 0 Å². The summed E-state index contributed by atoms with van der Waals surface area (Å²) in [5, 5.41) is 0. The molecule has 4 saturated carbocycles. The number of hydrogen-bond donors (Lipinski definition) is 2. The van der Waals surface area contributed by atoms with E-state index in [2.05, 4.69) is 109 Å². The number of halogens is 2. The fourth-order valence-electron chi connectivity index (χ4n) is 12.0. The van der Waals surface area contributed by atoms with Crippen LogP contribution in [-0.4, -0.2) is 45.1 Å². The molecule has 268 valence electrons. The Labute approximate surface area is 310 Å². The molecule has 2 N–H and O–H groups in total. The highest BCUT2D eigenvalue weighted by Gasteiger charge is 2.57. The van der Waals surface area contributed by atoms with Gasteiger partial charge in [-0.15, -0.1) is 0 Å². The summed E-state index contributed by atoms with van der Waals surface area (Å²) in [5.74, 6) is 3.21. The van der Waals surface area contributed by atoms with E-state index in [9.17, 15) is 0 Å². The number of benzene rings is 3. The number of nitrogens with zero attached hydrogens (tertiary/aromatic N) is 2. The highest BCUT2D eigenvalue weighted by molar-refractivity contribution is 5.61. The van der Waals surface area contributed by atoms with Crippen molar-refractivity contribution >= 4 is 17.1 Å². The van der Waals surface area contributed by atoms with E-state index >= 15 is 0 Å². The molecule has 4 nitrogen and oxygen atoms in total. The zero-order valence-electron chi connectivity index (χ0n) is 31.8. The summed E-state index contributed by atoms with van der Waals surface area (Å²) < 4.78 is 0. The normalized spacial score (nSPS) is 28.2. The van der Waals surface area contributed by atoms with Gasteiger partial charge in [0.05, 0.1) is 25.2 Å². The van der Waals surface area contributed by atoms with Gasteiger partial charge in [-0.3, -0.25) is 4.90 Å². The maximum Gasteiger partial charge on any atom is 0.157 e. The van der Waals surface area contributed by atoms with Gasteiger partial charge in [0.2, 0.25) is 0 Å². The summed E-state index contributed by atoms with van der Waals surface area (Å²) in [5.41, 5.74) is 17.8. The molecule has 0 amide bonds. The average molecular weight is 706 g/mol. The minimum atomic E-state index is 0. The number of hydrogen-bond acceptors (Lipinski definition) is 2. The lowest BCUT2D eigenvalue weighted by Gasteiger charge is -2.57. The van der Waals surface area contributed by atoms with Crippen LogP contribution in [-0.2, 0) is 0 Å². The van der Waals surface area contributed by atoms with Crippen LogP contribution < -0.4 is 44.4 Å². The minimum absolute atomic E-state index is 0. The van der Waals surface area contributed by atoms with Crippen molar-refractivity contribution < 1.29 is 34.6 Å². The number of nitrogens with one attached hydrogen (secondary N) is 2. The summed E-state index contributed by atoms with van der Waals surface area (Å²) in [6.07, 6.45) is 9.29. The molecular weight excluding hydrogens is 643 g/mol. The van der Waals surface area contributed by atoms with Crippen LogP contribution in [0.5, 0.6) is 0 Å². The van der Waals surface area contributed by atoms with Gasteiger partial charge in [-0.05, 0) is 122 Å². The topological polar surface area (TPSA) is 15.4 Å². The quantitative estimate of drug-likeness (QED) is 0.418. The van der Waals surface area contributed by atoms with Crippen molar-refractivity contribution in [3.8, 4) is 0 Å². The Morgan fingerprint density at radius 2 is 0.878 bits per heavy atom. The van der Waals surface area contributed by atoms with Crippen LogP contribution in [0.3, 0.4) is 0 Å². The second-order valence-corrected chi connectivity index (χ2v) is 17.0. The molecule has 4 aliphatic carbocycles. The number of anilines is 2. The SMILES string of the molecule is Cc1cc(C)c(N2CC[NH+](C34CC5CC(CC(C5)C3)C4)C2)c(C)c1.Cc1cc(C)c(N2CC[NH+](c3c(C)cc(C)cc3C)C2)c(C)c1.[Cl-].[Cl-]. The molecule has 2 heterocycles. The summed E-state index contributed by atoms with van der Waals surface area (Å²) in [6.45, 7) is 27.4. The summed E-state index contributed by atoms with van der Waals surface area (Å²) >= 11 is 0. The monoisotopic (exact) mass is 704 g/mol. The van der Waals surface area contributed by atoms with Crippen molar-refractivity contribution in [2.75, 3.05) is 49.3 Å². The van der Waals surface area contributed by atoms with Gasteiger partial charge in [-0.25, -0.2) is 0 Å². The van der Waals surface area contributed by atoms with E-state index in [1.165, 1.54) is 113 Å². The maximum atomic E-state index is 2.71. The molecule has 49 heavy (non-hydrogen) atoms. The van der Waals surface area contributed by atoms with Crippen LogP contribution in [0.4, 0.5) is 17.1 Å². The number of aryl methyl sites for hydroxylation is 9. The third-order valence-corrected chi connectivity index (χ3v) is 12.9. The van der Waals surface area contributed by atoms with Crippen LogP contribution in [0.25, 0.3) is 0 Å². The van der Waals surface area contributed by atoms with Crippen molar-refractivity contribution in [2.24, 2.45) is 17.8 Å². The van der Waals surface area contributed by atoms with Crippen LogP contribution in [0.2, 0.25) is 0 Å². The third-order valence-electron chi connectivity index (χ3n) is 12.9. The number of rotatable bonds is 4. The van der Waals surface area contributed by atoms with Crippen LogP contribution >= 0.6 is 0 Å².